The Labute approximate surface area is 60.6 Å². The Kier molecular flexibility index (Phi) is 2.62. The van der Waals surface area contributed by atoms with Crippen LogP contribution in [-0.4, -0.2) is 11.2 Å². The normalized spacial score (nSPS) is 10.5. The van der Waals surface area contributed by atoms with Gasteiger partial charge in [0.2, 0.25) is 0 Å². The van der Waals surface area contributed by atoms with Crippen molar-refractivity contribution in [2.45, 2.75) is 13.3 Å². The van der Waals surface area contributed by atoms with Gasteiger partial charge in [0.25, 0.3) is 0 Å². The molecule has 0 unspecified atom stereocenters. The molecule has 0 N–H and O–H groups in total. The van der Waals surface area contributed by atoms with Gasteiger partial charge in [0.15, 0.2) is 0 Å². The summed E-state index contributed by atoms with van der Waals surface area (Å²) in [6.07, 6.45) is 6.32. The van der Waals surface area contributed by atoms with E-state index in [1.165, 1.54) is 0 Å². The highest BCUT2D eigenvalue weighted by atomic mass is 14.8. The van der Waals surface area contributed by atoms with Gasteiger partial charge in [-0.15, -0.1) is 0 Å². The molecule has 0 aliphatic rings. The zero-order valence-corrected chi connectivity index (χ0v) is 5.99. The first-order valence-corrected chi connectivity index (χ1v) is 3.36. The molecule has 0 atom stereocenters. The van der Waals surface area contributed by atoms with Crippen LogP contribution in [0.5, 0.6) is 0 Å². The Morgan fingerprint density at radius 1 is 1.70 bits per heavy atom. The quantitative estimate of drug-likeness (QED) is 0.569. The maximum atomic E-state index is 4.14. The van der Waals surface area contributed by atoms with Gasteiger partial charge in [-0.3, -0.25) is 9.98 Å². The van der Waals surface area contributed by atoms with Crippen LogP contribution >= 0.6 is 0 Å². The van der Waals surface area contributed by atoms with Gasteiger partial charge in [-0.25, -0.2) is 0 Å². The third-order valence-electron chi connectivity index (χ3n) is 1.07. The lowest BCUT2D eigenvalue weighted by Crippen LogP contribution is -1.69. The molecule has 0 radical (unpaired) electrons. The van der Waals surface area contributed by atoms with Crippen LogP contribution in [-0.2, 0) is 0 Å². The van der Waals surface area contributed by atoms with E-state index in [-0.39, 0.29) is 0 Å². The molecule has 52 valence electrons. The molecule has 2 nitrogen and oxygen atoms in total. The van der Waals surface area contributed by atoms with Gasteiger partial charge in [0.05, 0.1) is 11.9 Å². The Morgan fingerprint density at radius 3 is 3.20 bits per heavy atom. The van der Waals surface area contributed by atoms with Crippen LogP contribution in [0.2, 0.25) is 0 Å². The molecule has 10 heavy (non-hydrogen) atoms. The Morgan fingerprint density at radius 2 is 2.60 bits per heavy atom. The minimum absolute atomic E-state index is 0.921. The molecule has 0 spiro atoms. The van der Waals surface area contributed by atoms with Crippen molar-refractivity contribution in [3.63, 3.8) is 0 Å². The summed E-state index contributed by atoms with van der Waals surface area (Å²) in [4.78, 5) is 8.06. The number of hydrogen-bond donors (Lipinski definition) is 0. The highest BCUT2D eigenvalue weighted by Crippen LogP contribution is 2.05. The monoisotopic (exact) mass is 134 g/mol. The molecule has 1 aromatic heterocycles. The lowest BCUT2D eigenvalue weighted by molar-refractivity contribution is 1.28. The van der Waals surface area contributed by atoms with Crippen molar-refractivity contribution >= 4 is 11.9 Å². The minimum Gasteiger partial charge on any atom is -0.262 e. The lowest BCUT2D eigenvalue weighted by atomic mass is 10.4. The molecule has 0 fully saturated rings. The van der Waals surface area contributed by atoms with Crippen molar-refractivity contribution in [3.05, 3.63) is 24.5 Å². The van der Waals surface area contributed by atoms with Crippen molar-refractivity contribution in [1.82, 2.24) is 4.98 Å². The third-order valence-corrected chi connectivity index (χ3v) is 1.07. The summed E-state index contributed by atoms with van der Waals surface area (Å²) in [5.41, 5.74) is 0.921. The molecular weight excluding hydrogens is 124 g/mol. The molecule has 2 heteroatoms. The van der Waals surface area contributed by atoms with E-state index in [1.54, 1.807) is 12.4 Å². The molecule has 1 rings (SSSR count). The van der Waals surface area contributed by atoms with E-state index in [2.05, 4.69) is 16.9 Å². The van der Waals surface area contributed by atoms with Gasteiger partial charge in [0.1, 0.15) is 0 Å². The summed E-state index contributed by atoms with van der Waals surface area (Å²) >= 11 is 0. The van der Waals surface area contributed by atoms with Gasteiger partial charge >= 0.3 is 0 Å². The van der Waals surface area contributed by atoms with Crippen molar-refractivity contribution in [2.24, 2.45) is 4.99 Å². The van der Waals surface area contributed by atoms with E-state index in [0.29, 0.717) is 0 Å². The molecule has 1 aromatic rings. The highest BCUT2D eigenvalue weighted by Gasteiger charge is 1.81. The average Bonchev–Trinajstić information content (AvgIpc) is 2.03. The number of aliphatic imine (C=N–C) groups is 1. The largest absolute Gasteiger partial charge is 0.262 e. The first-order valence-electron chi connectivity index (χ1n) is 3.36. The van der Waals surface area contributed by atoms with Gasteiger partial charge in [-0.05, 0) is 18.6 Å². The highest BCUT2D eigenvalue weighted by molar-refractivity contribution is 5.62. The van der Waals surface area contributed by atoms with E-state index < -0.39 is 0 Å². The number of rotatable bonds is 2. The minimum atomic E-state index is 0.921. The van der Waals surface area contributed by atoms with Crippen molar-refractivity contribution in [2.75, 3.05) is 0 Å². The van der Waals surface area contributed by atoms with Crippen LogP contribution in [0.4, 0.5) is 5.69 Å². The van der Waals surface area contributed by atoms with Crippen molar-refractivity contribution in [3.8, 4) is 0 Å². The van der Waals surface area contributed by atoms with Crippen LogP contribution in [0.3, 0.4) is 0 Å². The third kappa shape index (κ3) is 1.97. The fourth-order valence-corrected chi connectivity index (χ4v) is 0.627. The zero-order valence-electron chi connectivity index (χ0n) is 5.99. The topological polar surface area (TPSA) is 25.2 Å². The van der Waals surface area contributed by atoms with Crippen molar-refractivity contribution < 1.29 is 0 Å². The molecule has 0 saturated carbocycles. The van der Waals surface area contributed by atoms with Gasteiger partial charge < -0.3 is 0 Å². The van der Waals surface area contributed by atoms with Crippen LogP contribution in [0.15, 0.2) is 29.5 Å². The van der Waals surface area contributed by atoms with E-state index >= 15 is 0 Å². The maximum Gasteiger partial charge on any atom is 0.0808 e. The molecule has 0 aliphatic heterocycles. The lowest BCUT2D eigenvalue weighted by Gasteiger charge is -1.87. The number of pyridine rings is 1. The second-order valence-electron chi connectivity index (χ2n) is 1.93. The summed E-state index contributed by atoms with van der Waals surface area (Å²) < 4.78 is 0. The molecular formula is C8H10N2. The fraction of sp³-hybridized carbons (Fsp3) is 0.250. The predicted octanol–water partition coefficient (Wildman–Crippen LogP) is 2.19. The Hall–Kier alpha value is -1.18. The average molecular weight is 134 g/mol. The molecule has 1 heterocycles. The molecule has 0 aromatic carbocycles. The second kappa shape index (κ2) is 3.77. The van der Waals surface area contributed by atoms with E-state index in [9.17, 15) is 0 Å². The number of hydrogen-bond acceptors (Lipinski definition) is 2. The SMILES string of the molecule is CCC=Nc1cccnc1. The first kappa shape index (κ1) is 6.93. The predicted molar refractivity (Wildman–Crippen MR) is 42.7 cm³/mol. The van der Waals surface area contributed by atoms with E-state index in [4.69, 9.17) is 0 Å². The smallest absolute Gasteiger partial charge is 0.0808 e. The van der Waals surface area contributed by atoms with Crippen LogP contribution in [0, 0.1) is 0 Å². The van der Waals surface area contributed by atoms with E-state index in [0.717, 1.165) is 12.1 Å². The van der Waals surface area contributed by atoms with E-state index in [1.807, 2.05) is 18.3 Å². The summed E-state index contributed by atoms with van der Waals surface area (Å²) in [6.45, 7) is 2.06. The van der Waals surface area contributed by atoms with Crippen molar-refractivity contribution in [1.29, 1.82) is 0 Å². The summed E-state index contributed by atoms with van der Waals surface area (Å²) in [7, 11) is 0. The maximum absolute atomic E-state index is 4.14. The van der Waals surface area contributed by atoms with Crippen LogP contribution < -0.4 is 0 Å². The zero-order chi connectivity index (χ0) is 7.23. The van der Waals surface area contributed by atoms with Gasteiger partial charge in [0, 0.05) is 12.4 Å². The number of aromatic nitrogens is 1. The first-order chi connectivity index (χ1) is 4.93. The Bertz CT molecular complexity index is 204. The Balaban J connectivity index is 2.67. The van der Waals surface area contributed by atoms with Gasteiger partial charge in [-0.1, -0.05) is 6.92 Å². The van der Waals surface area contributed by atoms with Crippen LogP contribution in [0.25, 0.3) is 0 Å². The summed E-state index contributed by atoms with van der Waals surface area (Å²) in [5, 5.41) is 0. The molecule has 0 saturated heterocycles. The molecule has 0 amide bonds. The molecule has 0 aliphatic carbocycles. The van der Waals surface area contributed by atoms with Crippen LogP contribution in [0.1, 0.15) is 13.3 Å². The summed E-state index contributed by atoms with van der Waals surface area (Å²) in [6, 6.07) is 3.81. The second-order valence-corrected chi connectivity index (χ2v) is 1.93. The summed E-state index contributed by atoms with van der Waals surface area (Å²) in [5.74, 6) is 0. The standard InChI is InChI=1S/C8H10N2/c1-2-5-10-8-4-3-6-9-7-8/h3-7H,2H2,1H3. The molecule has 0 bridgehead atoms. The fourth-order valence-electron chi connectivity index (χ4n) is 0.627. The number of nitrogens with zero attached hydrogens (tertiary/aromatic N) is 2. The van der Waals surface area contributed by atoms with Gasteiger partial charge in [-0.2, -0.15) is 0 Å².